The topological polar surface area (TPSA) is 72.6 Å². The first kappa shape index (κ1) is 21.1. The van der Waals surface area contributed by atoms with E-state index >= 15 is 0 Å². The van der Waals surface area contributed by atoms with E-state index < -0.39 is 5.97 Å². The third kappa shape index (κ3) is 3.93. The fraction of sp³-hybridized carbons (Fsp3) is 0.111. The Bertz CT molecular complexity index is 1380. The molecule has 2 aromatic carbocycles. The molecule has 1 N–H and O–H groups in total. The van der Waals surface area contributed by atoms with E-state index in [1.54, 1.807) is 36.6 Å². The number of carbonyl (C=O) groups is 1. The summed E-state index contributed by atoms with van der Waals surface area (Å²) >= 11 is 0. The van der Waals surface area contributed by atoms with Gasteiger partial charge in [0, 0.05) is 10.9 Å². The standard InChI is InChI=1S/C27H23NO4/c1-4-6-9-17(3)15-31-24-13-12-18(5-2)26-25(24)20(27(29)30)14-22(28-26)21-16-32-23-11-8-7-10-19(21)23/h4,6-14,16H,1,3,5,15H2,2H3,(H,29,30)/b9-6-. The summed E-state index contributed by atoms with van der Waals surface area (Å²) in [6.45, 7) is 9.83. The zero-order valence-electron chi connectivity index (χ0n) is 17.8. The molecule has 0 aliphatic carbocycles. The van der Waals surface area contributed by atoms with Crippen LogP contribution in [0.2, 0.25) is 0 Å². The summed E-state index contributed by atoms with van der Waals surface area (Å²) in [6.07, 6.45) is 7.55. The van der Waals surface area contributed by atoms with Crippen molar-refractivity contribution in [3.05, 3.63) is 96.8 Å². The molecule has 0 aliphatic heterocycles. The van der Waals surface area contributed by atoms with Gasteiger partial charge >= 0.3 is 5.97 Å². The fourth-order valence-electron chi connectivity index (χ4n) is 3.68. The lowest BCUT2D eigenvalue weighted by Crippen LogP contribution is -2.06. The number of benzene rings is 2. The lowest BCUT2D eigenvalue weighted by Gasteiger charge is -2.15. The molecule has 0 spiro atoms. The minimum absolute atomic E-state index is 0.132. The molecule has 0 radical (unpaired) electrons. The molecule has 5 nitrogen and oxygen atoms in total. The second-order valence-electron chi connectivity index (χ2n) is 7.35. The molecule has 32 heavy (non-hydrogen) atoms. The molecule has 5 heteroatoms. The van der Waals surface area contributed by atoms with Crippen LogP contribution in [0.5, 0.6) is 5.75 Å². The Morgan fingerprint density at radius 3 is 2.81 bits per heavy atom. The van der Waals surface area contributed by atoms with Crippen molar-refractivity contribution < 1.29 is 19.1 Å². The Kier molecular flexibility index (Phi) is 5.90. The van der Waals surface area contributed by atoms with Crippen LogP contribution >= 0.6 is 0 Å². The van der Waals surface area contributed by atoms with Crippen LogP contribution in [0.15, 0.2) is 90.1 Å². The fourth-order valence-corrected chi connectivity index (χ4v) is 3.68. The van der Waals surface area contributed by atoms with Crippen LogP contribution in [0.25, 0.3) is 33.1 Å². The zero-order valence-corrected chi connectivity index (χ0v) is 17.8. The molecular formula is C27H23NO4. The van der Waals surface area contributed by atoms with Gasteiger partial charge in [-0.15, -0.1) is 0 Å². The first-order valence-corrected chi connectivity index (χ1v) is 10.3. The van der Waals surface area contributed by atoms with E-state index in [9.17, 15) is 9.90 Å². The van der Waals surface area contributed by atoms with Crippen LogP contribution in [-0.4, -0.2) is 22.7 Å². The van der Waals surface area contributed by atoms with Gasteiger partial charge in [0.2, 0.25) is 0 Å². The van der Waals surface area contributed by atoms with E-state index in [-0.39, 0.29) is 12.2 Å². The molecule has 2 heterocycles. The number of nitrogens with zero attached hydrogens (tertiary/aromatic N) is 1. The summed E-state index contributed by atoms with van der Waals surface area (Å²) in [4.78, 5) is 17.2. The van der Waals surface area contributed by atoms with Gasteiger partial charge in [0.05, 0.1) is 22.2 Å². The van der Waals surface area contributed by atoms with Gasteiger partial charge in [0.25, 0.3) is 0 Å². The van der Waals surface area contributed by atoms with E-state index in [4.69, 9.17) is 14.1 Å². The molecule has 0 saturated carbocycles. The smallest absolute Gasteiger partial charge is 0.336 e. The van der Waals surface area contributed by atoms with Gasteiger partial charge in [-0.1, -0.05) is 62.6 Å². The average Bonchev–Trinajstić information content (AvgIpc) is 3.24. The highest BCUT2D eigenvalue weighted by molar-refractivity contribution is 6.08. The number of rotatable bonds is 8. The van der Waals surface area contributed by atoms with Crippen molar-refractivity contribution in [3.8, 4) is 17.0 Å². The molecule has 0 bridgehead atoms. The minimum atomic E-state index is -1.05. The Balaban J connectivity index is 1.90. The lowest BCUT2D eigenvalue weighted by atomic mass is 9.99. The van der Waals surface area contributed by atoms with Crippen LogP contribution in [0, 0.1) is 0 Å². The maximum atomic E-state index is 12.3. The van der Waals surface area contributed by atoms with Crippen molar-refractivity contribution >= 4 is 27.8 Å². The van der Waals surface area contributed by atoms with E-state index in [0.29, 0.717) is 28.8 Å². The van der Waals surface area contributed by atoms with Crippen molar-refractivity contribution in [2.24, 2.45) is 0 Å². The number of aromatic nitrogens is 1. The van der Waals surface area contributed by atoms with Crippen LogP contribution in [0.3, 0.4) is 0 Å². The van der Waals surface area contributed by atoms with Crippen molar-refractivity contribution in [2.75, 3.05) is 6.61 Å². The molecular weight excluding hydrogens is 402 g/mol. The van der Waals surface area contributed by atoms with Crippen LogP contribution in [0.4, 0.5) is 0 Å². The highest BCUT2D eigenvalue weighted by atomic mass is 16.5. The summed E-state index contributed by atoms with van der Waals surface area (Å²) in [6, 6.07) is 12.9. The Hall–Kier alpha value is -4.12. The summed E-state index contributed by atoms with van der Waals surface area (Å²) in [5.41, 5.74) is 4.44. The largest absolute Gasteiger partial charge is 0.488 e. The Morgan fingerprint density at radius 2 is 2.06 bits per heavy atom. The molecule has 0 amide bonds. The minimum Gasteiger partial charge on any atom is -0.488 e. The van der Waals surface area contributed by atoms with E-state index in [1.807, 2.05) is 37.3 Å². The molecule has 160 valence electrons. The first-order chi connectivity index (χ1) is 15.5. The average molecular weight is 425 g/mol. The predicted molar refractivity (Wildman–Crippen MR) is 127 cm³/mol. The molecule has 0 saturated heterocycles. The molecule has 0 unspecified atom stereocenters. The third-order valence-electron chi connectivity index (χ3n) is 5.26. The van der Waals surface area contributed by atoms with Gasteiger partial charge < -0.3 is 14.3 Å². The number of aryl methyl sites for hydroxylation is 1. The van der Waals surface area contributed by atoms with Crippen molar-refractivity contribution in [1.29, 1.82) is 0 Å². The number of hydrogen-bond donors (Lipinski definition) is 1. The van der Waals surface area contributed by atoms with E-state index in [2.05, 4.69) is 13.2 Å². The highest BCUT2D eigenvalue weighted by Gasteiger charge is 2.20. The summed E-state index contributed by atoms with van der Waals surface area (Å²) in [7, 11) is 0. The van der Waals surface area contributed by atoms with Crippen molar-refractivity contribution in [2.45, 2.75) is 13.3 Å². The van der Waals surface area contributed by atoms with Crippen molar-refractivity contribution in [1.82, 2.24) is 4.98 Å². The normalized spacial score (nSPS) is 11.3. The molecule has 0 atom stereocenters. The number of carboxylic acid groups (broad SMARTS) is 1. The third-order valence-corrected chi connectivity index (χ3v) is 5.26. The number of furan rings is 1. The van der Waals surface area contributed by atoms with Gasteiger partial charge in [-0.25, -0.2) is 9.78 Å². The van der Waals surface area contributed by atoms with Crippen LogP contribution in [-0.2, 0) is 6.42 Å². The zero-order chi connectivity index (χ0) is 22.7. The molecule has 0 aliphatic rings. The number of hydrogen-bond acceptors (Lipinski definition) is 4. The quantitative estimate of drug-likeness (QED) is 0.323. The van der Waals surface area contributed by atoms with Gasteiger partial charge in [0.15, 0.2) is 0 Å². The lowest BCUT2D eigenvalue weighted by molar-refractivity contribution is 0.0698. The van der Waals surface area contributed by atoms with Gasteiger partial charge in [0.1, 0.15) is 24.2 Å². The van der Waals surface area contributed by atoms with Crippen molar-refractivity contribution in [3.63, 3.8) is 0 Å². The molecule has 2 aromatic heterocycles. The number of para-hydroxylation sites is 1. The van der Waals surface area contributed by atoms with E-state index in [1.165, 1.54) is 0 Å². The number of fused-ring (bicyclic) bond motifs is 2. The van der Waals surface area contributed by atoms with Crippen LogP contribution < -0.4 is 4.74 Å². The van der Waals surface area contributed by atoms with Gasteiger partial charge in [-0.05, 0) is 35.8 Å². The summed E-state index contributed by atoms with van der Waals surface area (Å²) in [5.74, 6) is -0.589. The number of carboxylic acids is 1. The van der Waals surface area contributed by atoms with Crippen LogP contribution in [0.1, 0.15) is 22.8 Å². The maximum absolute atomic E-state index is 12.3. The second-order valence-corrected chi connectivity index (χ2v) is 7.35. The Morgan fingerprint density at radius 1 is 1.25 bits per heavy atom. The SMILES string of the molecule is C=C/C=C\C(=C)COc1ccc(CC)c2nc(-c3coc4ccccc34)cc(C(=O)O)c12. The maximum Gasteiger partial charge on any atom is 0.336 e. The Labute approximate surface area is 186 Å². The monoisotopic (exact) mass is 425 g/mol. The number of aromatic carboxylic acids is 1. The van der Waals surface area contributed by atoms with Gasteiger partial charge in [-0.2, -0.15) is 0 Å². The predicted octanol–water partition coefficient (Wildman–Crippen LogP) is 6.59. The molecule has 4 aromatic rings. The molecule has 0 fully saturated rings. The molecule has 4 rings (SSSR count). The number of allylic oxidation sites excluding steroid dienone is 2. The van der Waals surface area contributed by atoms with E-state index in [0.717, 1.165) is 27.7 Å². The number of pyridine rings is 1. The number of ether oxygens (including phenoxy) is 1. The summed E-state index contributed by atoms with van der Waals surface area (Å²) in [5, 5.41) is 11.4. The first-order valence-electron chi connectivity index (χ1n) is 10.3. The van der Waals surface area contributed by atoms with Gasteiger partial charge in [-0.3, -0.25) is 0 Å². The highest BCUT2D eigenvalue weighted by Crippen LogP contribution is 2.36. The summed E-state index contributed by atoms with van der Waals surface area (Å²) < 4.78 is 11.6. The second kappa shape index (κ2) is 8.94.